The van der Waals surface area contributed by atoms with Gasteiger partial charge >= 0.3 is 6.09 Å². The van der Waals surface area contributed by atoms with E-state index in [1.54, 1.807) is 6.07 Å². The molecule has 2 N–H and O–H groups in total. The molecule has 0 aliphatic heterocycles. The summed E-state index contributed by atoms with van der Waals surface area (Å²) in [7, 11) is 0. The number of ether oxygens (including phenoxy) is 1. The maximum Gasteiger partial charge on any atom is 0.409 e. The fourth-order valence-electron chi connectivity index (χ4n) is 2.37. The molecular formula is C17H27NO2. The van der Waals surface area contributed by atoms with E-state index in [2.05, 4.69) is 6.92 Å². The van der Waals surface area contributed by atoms with E-state index < -0.39 is 6.09 Å². The highest BCUT2D eigenvalue weighted by atomic mass is 16.5. The van der Waals surface area contributed by atoms with Crippen LogP contribution in [0.2, 0.25) is 0 Å². The van der Waals surface area contributed by atoms with E-state index in [4.69, 9.17) is 10.5 Å². The van der Waals surface area contributed by atoms with Crippen molar-refractivity contribution in [3.8, 4) is 5.75 Å². The molecule has 0 atom stereocenters. The van der Waals surface area contributed by atoms with Crippen LogP contribution in [0.25, 0.3) is 0 Å². The van der Waals surface area contributed by atoms with Gasteiger partial charge < -0.3 is 10.5 Å². The Balaban J connectivity index is 2.20. The first-order valence-corrected chi connectivity index (χ1v) is 7.79. The minimum atomic E-state index is -0.742. The predicted octanol–water partition coefficient (Wildman–Crippen LogP) is 4.83. The second-order valence-electron chi connectivity index (χ2n) is 5.25. The van der Waals surface area contributed by atoms with E-state index in [0.29, 0.717) is 5.75 Å². The molecule has 0 heterocycles. The molecule has 1 rings (SSSR count). The number of amides is 1. The van der Waals surface area contributed by atoms with Crippen LogP contribution in [-0.2, 0) is 6.42 Å². The predicted molar refractivity (Wildman–Crippen MR) is 83.0 cm³/mol. The Hall–Kier alpha value is -1.51. The Labute approximate surface area is 122 Å². The second kappa shape index (κ2) is 10.3. The molecule has 3 heteroatoms. The van der Waals surface area contributed by atoms with Crippen LogP contribution in [0, 0.1) is 0 Å². The van der Waals surface area contributed by atoms with Crippen LogP contribution >= 0.6 is 0 Å². The molecule has 0 bridgehead atoms. The summed E-state index contributed by atoms with van der Waals surface area (Å²) in [6.07, 6.45) is 10.6. The lowest BCUT2D eigenvalue weighted by molar-refractivity contribution is 0.210. The molecule has 1 amide bonds. The molecule has 112 valence electrons. The van der Waals surface area contributed by atoms with Crippen molar-refractivity contribution in [3.63, 3.8) is 0 Å². The molecule has 3 nitrogen and oxygen atoms in total. The largest absolute Gasteiger partial charge is 0.410 e. The number of aryl methyl sites for hydroxylation is 1. The minimum Gasteiger partial charge on any atom is -0.410 e. The van der Waals surface area contributed by atoms with Gasteiger partial charge in [-0.3, -0.25) is 0 Å². The Kier molecular flexibility index (Phi) is 8.52. The third-order valence-corrected chi connectivity index (χ3v) is 3.48. The second-order valence-corrected chi connectivity index (χ2v) is 5.25. The Morgan fingerprint density at radius 3 is 2.25 bits per heavy atom. The van der Waals surface area contributed by atoms with Crippen molar-refractivity contribution < 1.29 is 9.53 Å². The molecule has 0 aliphatic carbocycles. The van der Waals surface area contributed by atoms with Crippen LogP contribution in [-0.4, -0.2) is 6.09 Å². The fourth-order valence-corrected chi connectivity index (χ4v) is 2.37. The summed E-state index contributed by atoms with van der Waals surface area (Å²) in [5.74, 6) is 0.600. The van der Waals surface area contributed by atoms with Crippen LogP contribution in [0.3, 0.4) is 0 Å². The third kappa shape index (κ3) is 7.17. The highest BCUT2D eigenvalue weighted by Gasteiger charge is 2.05. The zero-order valence-corrected chi connectivity index (χ0v) is 12.6. The van der Waals surface area contributed by atoms with E-state index >= 15 is 0 Å². The highest BCUT2D eigenvalue weighted by molar-refractivity contribution is 5.68. The summed E-state index contributed by atoms with van der Waals surface area (Å²) < 4.78 is 5.01. The quantitative estimate of drug-likeness (QED) is 0.623. The van der Waals surface area contributed by atoms with Crippen molar-refractivity contribution in [1.29, 1.82) is 0 Å². The summed E-state index contributed by atoms with van der Waals surface area (Å²) in [6.45, 7) is 2.24. The van der Waals surface area contributed by atoms with Gasteiger partial charge in [-0.15, -0.1) is 0 Å². The molecule has 1 aromatic carbocycles. The summed E-state index contributed by atoms with van der Waals surface area (Å²) in [4.78, 5) is 10.8. The van der Waals surface area contributed by atoms with Crippen molar-refractivity contribution in [2.24, 2.45) is 5.73 Å². The third-order valence-electron chi connectivity index (χ3n) is 3.48. The Morgan fingerprint density at radius 1 is 1.00 bits per heavy atom. The number of para-hydroxylation sites is 1. The molecule has 0 saturated heterocycles. The van der Waals surface area contributed by atoms with Crippen LogP contribution in [0.4, 0.5) is 4.79 Å². The van der Waals surface area contributed by atoms with Gasteiger partial charge in [0.15, 0.2) is 0 Å². The zero-order chi connectivity index (χ0) is 14.6. The smallest absolute Gasteiger partial charge is 0.409 e. The van der Waals surface area contributed by atoms with Gasteiger partial charge in [0.25, 0.3) is 0 Å². The number of carbonyl (C=O) groups excluding carboxylic acids is 1. The number of nitrogens with two attached hydrogens (primary N) is 1. The van der Waals surface area contributed by atoms with E-state index in [-0.39, 0.29) is 0 Å². The number of hydrogen-bond donors (Lipinski definition) is 1. The Morgan fingerprint density at radius 2 is 1.60 bits per heavy atom. The molecule has 0 saturated carbocycles. The van der Waals surface area contributed by atoms with Crippen molar-refractivity contribution in [1.82, 2.24) is 0 Å². The molecule has 0 spiro atoms. The molecule has 0 unspecified atom stereocenters. The average molecular weight is 277 g/mol. The van der Waals surface area contributed by atoms with Gasteiger partial charge in [-0.25, -0.2) is 4.79 Å². The van der Waals surface area contributed by atoms with E-state index in [9.17, 15) is 4.79 Å². The number of unbranched alkanes of at least 4 members (excludes halogenated alkanes) is 7. The van der Waals surface area contributed by atoms with Crippen molar-refractivity contribution >= 4 is 6.09 Å². The minimum absolute atomic E-state index is 0.600. The number of benzene rings is 1. The Bertz CT molecular complexity index is 390. The van der Waals surface area contributed by atoms with E-state index in [1.165, 1.54) is 44.9 Å². The van der Waals surface area contributed by atoms with Crippen LogP contribution in [0.5, 0.6) is 5.75 Å². The van der Waals surface area contributed by atoms with Crippen LogP contribution < -0.4 is 10.5 Å². The van der Waals surface area contributed by atoms with Gasteiger partial charge in [0.1, 0.15) is 5.75 Å². The topological polar surface area (TPSA) is 52.3 Å². The van der Waals surface area contributed by atoms with Crippen molar-refractivity contribution in [3.05, 3.63) is 29.8 Å². The number of rotatable bonds is 10. The van der Waals surface area contributed by atoms with E-state index in [1.807, 2.05) is 18.2 Å². The molecular weight excluding hydrogens is 250 g/mol. The van der Waals surface area contributed by atoms with Gasteiger partial charge in [-0.1, -0.05) is 70.1 Å². The van der Waals surface area contributed by atoms with Gasteiger partial charge in [0.2, 0.25) is 0 Å². The summed E-state index contributed by atoms with van der Waals surface area (Å²) in [5, 5.41) is 0. The molecule has 0 aromatic heterocycles. The van der Waals surface area contributed by atoms with Crippen LogP contribution in [0.1, 0.15) is 63.9 Å². The monoisotopic (exact) mass is 277 g/mol. The SMILES string of the molecule is CCCCCCCCCCc1ccccc1OC(N)=O. The van der Waals surface area contributed by atoms with Gasteiger partial charge in [0.05, 0.1) is 0 Å². The lowest BCUT2D eigenvalue weighted by Gasteiger charge is -2.08. The average Bonchev–Trinajstić information content (AvgIpc) is 2.43. The molecule has 0 aliphatic rings. The van der Waals surface area contributed by atoms with Crippen LogP contribution in [0.15, 0.2) is 24.3 Å². The molecule has 0 radical (unpaired) electrons. The van der Waals surface area contributed by atoms with Gasteiger partial charge in [-0.2, -0.15) is 0 Å². The first-order chi connectivity index (χ1) is 9.74. The first-order valence-electron chi connectivity index (χ1n) is 7.79. The summed E-state index contributed by atoms with van der Waals surface area (Å²) in [5.41, 5.74) is 6.13. The lowest BCUT2D eigenvalue weighted by Crippen LogP contribution is -2.17. The van der Waals surface area contributed by atoms with Gasteiger partial charge in [-0.05, 0) is 24.5 Å². The summed E-state index contributed by atoms with van der Waals surface area (Å²) in [6, 6.07) is 7.62. The molecule has 0 fully saturated rings. The van der Waals surface area contributed by atoms with E-state index in [0.717, 1.165) is 18.4 Å². The normalized spacial score (nSPS) is 10.4. The van der Waals surface area contributed by atoms with Crippen molar-refractivity contribution in [2.45, 2.75) is 64.7 Å². The molecule has 1 aromatic rings. The molecule has 20 heavy (non-hydrogen) atoms. The number of hydrogen-bond acceptors (Lipinski definition) is 2. The fraction of sp³-hybridized carbons (Fsp3) is 0.588. The zero-order valence-electron chi connectivity index (χ0n) is 12.6. The standard InChI is InChI=1S/C17H27NO2/c1-2-3-4-5-6-7-8-9-12-15-13-10-11-14-16(15)20-17(18)19/h10-11,13-14H,2-9,12H2,1H3,(H2,18,19). The maximum absolute atomic E-state index is 10.8. The summed E-state index contributed by atoms with van der Waals surface area (Å²) >= 11 is 0. The first kappa shape index (κ1) is 16.5. The maximum atomic E-state index is 10.8. The van der Waals surface area contributed by atoms with Gasteiger partial charge in [0, 0.05) is 0 Å². The number of carbonyl (C=O) groups is 1. The van der Waals surface area contributed by atoms with Crippen molar-refractivity contribution in [2.75, 3.05) is 0 Å². The lowest BCUT2D eigenvalue weighted by atomic mass is 10.0. The number of primary amides is 1. The highest BCUT2D eigenvalue weighted by Crippen LogP contribution is 2.20.